The molecular formula is C11H10ClNO3. The summed E-state index contributed by atoms with van der Waals surface area (Å²) < 4.78 is 0. The van der Waals surface area contributed by atoms with Gasteiger partial charge >= 0.3 is 6.09 Å². The van der Waals surface area contributed by atoms with Crippen molar-refractivity contribution >= 4 is 24.0 Å². The molecule has 0 bridgehead atoms. The van der Waals surface area contributed by atoms with Crippen LogP contribution in [0.15, 0.2) is 18.2 Å². The molecule has 0 aliphatic heterocycles. The molecule has 0 aromatic heterocycles. The summed E-state index contributed by atoms with van der Waals surface area (Å²) in [4.78, 5) is 21.6. The summed E-state index contributed by atoms with van der Waals surface area (Å²) in [5, 5.41) is 11.7. The molecule has 84 valence electrons. The van der Waals surface area contributed by atoms with Crippen molar-refractivity contribution in [3.63, 3.8) is 0 Å². The Morgan fingerprint density at radius 1 is 1.56 bits per heavy atom. The molecule has 2 atom stereocenters. The summed E-state index contributed by atoms with van der Waals surface area (Å²) in [5.74, 6) is -0.369. The number of nitrogens with one attached hydrogen (secondary N) is 1. The van der Waals surface area contributed by atoms with Gasteiger partial charge in [-0.15, -0.1) is 0 Å². The lowest BCUT2D eigenvalue weighted by Crippen LogP contribution is -2.30. The minimum absolute atomic E-state index is 0.369. The van der Waals surface area contributed by atoms with Gasteiger partial charge in [-0.2, -0.15) is 0 Å². The SMILES string of the molecule is O=C[C@@H]1Cc2c(Cl)cccc2[C@H]1NC(=O)O. The third-order valence-electron chi connectivity index (χ3n) is 2.81. The van der Waals surface area contributed by atoms with Crippen molar-refractivity contribution in [3.05, 3.63) is 34.3 Å². The van der Waals surface area contributed by atoms with Gasteiger partial charge in [0, 0.05) is 10.9 Å². The van der Waals surface area contributed by atoms with Crippen LogP contribution in [-0.2, 0) is 11.2 Å². The predicted molar refractivity (Wildman–Crippen MR) is 58.6 cm³/mol. The van der Waals surface area contributed by atoms with Crippen LogP contribution in [-0.4, -0.2) is 17.5 Å². The number of hydrogen-bond acceptors (Lipinski definition) is 2. The summed E-state index contributed by atoms with van der Waals surface area (Å²) in [6.45, 7) is 0. The van der Waals surface area contributed by atoms with Crippen LogP contribution in [0.2, 0.25) is 5.02 Å². The number of carbonyl (C=O) groups is 2. The number of amides is 1. The lowest BCUT2D eigenvalue weighted by molar-refractivity contribution is -0.111. The van der Waals surface area contributed by atoms with Gasteiger partial charge in [0.05, 0.1) is 6.04 Å². The Morgan fingerprint density at radius 3 is 2.94 bits per heavy atom. The molecule has 0 spiro atoms. The minimum Gasteiger partial charge on any atom is -0.465 e. The van der Waals surface area contributed by atoms with Gasteiger partial charge in [-0.3, -0.25) is 0 Å². The molecular weight excluding hydrogens is 230 g/mol. The average Bonchev–Trinajstić information content (AvgIpc) is 2.58. The van der Waals surface area contributed by atoms with Gasteiger partial charge in [-0.1, -0.05) is 23.7 Å². The summed E-state index contributed by atoms with van der Waals surface area (Å²) in [6.07, 6.45) is 0.130. The van der Waals surface area contributed by atoms with Gasteiger partial charge in [-0.25, -0.2) is 4.79 Å². The Hall–Kier alpha value is -1.55. The molecule has 2 rings (SSSR count). The molecule has 0 saturated carbocycles. The van der Waals surface area contributed by atoms with E-state index in [0.717, 1.165) is 17.4 Å². The first-order valence-electron chi connectivity index (χ1n) is 4.85. The van der Waals surface area contributed by atoms with Gasteiger partial charge in [0.1, 0.15) is 6.29 Å². The van der Waals surface area contributed by atoms with Crippen LogP contribution in [0.4, 0.5) is 4.79 Å². The smallest absolute Gasteiger partial charge is 0.405 e. The second-order valence-corrected chi connectivity index (χ2v) is 4.15. The van der Waals surface area contributed by atoms with Crippen molar-refractivity contribution < 1.29 is 14.7 Å². The fourth-order valence-electron chi connectivity index (χ4n) is 2.11. The largest absolute Gasteiger partial charge is 0.465 e. The molecule has 2 N–H and O–H groups in total. The van der Waals surface area contributed by atoms with Crippen molar-refractivity contribution in [2.45, 2.75) is 12.5 Å². The number of fused-ring (bicyclic) bond motifs is 1. The highest BCUT2D eigenvalue weighted by Gasteiger charge is 2.34. The van der Waals surface area contributed by atoms with Crippen LogP contribution in [0.1, 0.15) is 17.2 Å². The van der Waals surface area contributed by atoms with Crippen molar-refractivity contribution in [1.29, 1.82) is 0 Å². The zero-order valence-corrected chi connectivity index (χ0v) is 9.07. The predicted octanol–water partition coefficient (Wildman–Crippen LogP) is 2.02. The maximum Gasteiger partial charge on any atom is 0.405 e. The first-order valence-corrected chi connectivity index (χ1v) is 5.23. The second-order valence-electron chi connectivity index (χ2n) is 3.74. The van der Waals surface area contributed by atoms with Crippen LogP contribution in [0.25, 0.3) is 0 Å². The molecule has 1 aliphatic carbocycles. The van der Waals surface area contributed by atoms with E-state index in [2.05, 4.69) is 5.32 Å². The van der Waals surface area contributed by atoms with Gasteiger partial charge in [-0.05, 0) is 23.6 Å². The normalized spacial score (nSPS) is 22.6. The lowest BCUT2D eigenvalue weighted by atomic mass is 10.0. The number of benzene rings is 1. The highest BCUT2D eigenvalue weighted by molar-refractivity contribution is 6.31. The van der Waals surface area contributed by atoms with Crippen molar-refractivity contribution in [2.24, 2.45) is 5.92 Å². The van der Waals surface area contributed by atoms with Gasteiger partial charge in [0.15, 0.2) is 0 Å². The average molecular weight is 240 g/mol. The molecule has 0 fully saturated rings. The van der Waals surface area contributed by atoms with Gasteiger partial charge < -0.3 is 15.2 Å². The Kier molecular flexibility index (Phi) is 2.83. The van der Waals surface area contributed by atoms with Crippen LogP contribution < -0.4 is 5.32 Å². The second kappa shape index (κ2) is 4.14. The molecule has 1 aliphatic rings. The number of hydrogen-bond donors (Lipinski definition) is 2. The third kappa shape index (κ3) is 1.76. The van der Waals surface area contributed by atoms with Crippen LogP contribution >= 0.6 is 11.6 Å². The Morgan fingerprint density at radius 2 is 2.31 bits per heavy atom. The summed E-state index contributed by atoms with van der Waals surface area (Å²) in [6, 6.07) is 4.81. The van der Waals surface area contributed by atoms with E-state index in [-0.39, 0.29) is 5.92 Å². The van der Waals surface area contributed by atoms with E-state index in [1.807, 2.05) is 0 Å². The number of carbonyl (C=O) groups excluding carboxylic acids is 1. The van der Waals surface area contributed by atoms with Crippen molar-refractivity contribution in [1.82, 2.24) is 5.32 Å². The monoisotopic (exact) mass is 239 g/mol. The lowest BCUT2D eigenvalue weighted by Gasteiger charge is -2.15. The van der Waals surface area contributed by atoms with Crippen molar-refractivity contribution in [2.75, 3.05) is 0 Å². The molecule has 5 heteroatoms. The fraction of sp³-hybridized carbons (Fsp3) is 0.273. The van der Waals surface area contributed by atoms with Crippen LogP contribution in [0.3, 0.4) is 0 Å². The maximum atomic E-state index is 10.9. The van der Waals surface area contributed by atoms with Crippen LogP contribution in [0, 0.1) is 5.92 Å². The quantitative estimate of drug-likeness (QED) is 0.776. The molecule has 16 heavy (non-hydrogen) atoms. The van der Waals surface area contributed by atoms with Gasteiger partial charge in [0.25, 0.3) is 0 Å². The first-order chi connectivity index (χ1) is 7.63. The number of carboxylic acid groups (broad SMARTS) is 1. The van der Waals surface area contributed by atoms with E-state index >= 15 is 0 Å². The topological polar surface area (TPSA) is 66.4 Å². The summed E-state index contributed by atoms with van der Waals surface area (Å²) >= 11 is 6.00. The molecule has 4 nitrogen and oxygen atoms in total. The number of halogens is 1. The summed E-state index contributed by atoms with van der Waals surface area (Å²) in [7, 11) is 0. The van der Waals surface area contributed by atoms with E-state index in [4.69, 9.17) is 16.7 Å². The number of aldehydes is 1. The molecule has 0 heterocycles. The minimum atomic E-state index is -1.13. The first kappa shape index (κ1) is 11.0. The van der Waals surface area contributed by atoms with E-state index in [1.54, 1.807) is 18.2 Å². The molecule has 1 amide bonds. The highest BCUT2D eigenvalue weighted by atomic mass is 35.5. The number of rotatable bonds is 2. The fourth-order valence-corrected chi connectivity index (χ4v) is 2.37. The molecule has 1 aromatic carbocycles. The van der Waals surface area contributed by atoms with Gasteiger partial charge in [0.2, 0.25) is 0 Å². The van der Waals surface area contributed by atoms with E-state index < -0.39 is 12.1 Å². The molecule has 0 radical (unpaired) electrons. The standard InChI is InChI=1S/C11H10ClNO3/c12-9-3-1-2-7-8(9)4-6(5-14)10(7)13-11(15)16/h1-3,5-6,10,13H,4H2,(H,15,16)/t6-,10-/m0/s1. The van der Waals surface area contributed by atoms with E-state index in [0.29, 0.717) is 11.4 Å². The third-order valence-corrected chi connectivity index (χ3v) is 3.17. The van der Waals surface area contributed by atoms with E-state index in [9.17, 15) is 9.59 Å². The maximum absolute atomic E-state index is 10.9. The zero-order valence-electron chi connectivity index (χ0n) is 8.31. The Bertz CT molecular complexity index is 447. The zero-order chi connectivity index (χ0) is 11.7. The summed E-state index contributed by atoms with van der Waals surface area (Å²) in [5.41, 5.74) is 1.66. The molecule has 0 unspecified atom stereocenters. The van der Waals surface area contributed by atoms with Crippen molar-refractivity contribution in [3.8, 4) is 0 Å². The van der Waals surface area contributed by atoms with Crippen LogP contribution in [0.5, 0.6) is 0 Å². The Labute approximate surface area is 97.2 Å². The molecule has 0 saturated heterocycles. The Balaban J connectivity index is 2.40. The van der Waals surface area contributed by atoms with E-state index in [1.165, 1.54) is 0 Å². The highest BCUT2D eigenvalue weighted by Crippen LogP contribution is 2.38. The molecule has 1 aromatic rings.